The number of carbonyl (C=O) groups excluding carboxylic acids is 1. The summed E-state index contributed by atoms with van der Waals surface area (Å²) in [6.07, 6.45) is 18.8. The summed E-state index contributed by atoms with van der Waals surface area (Å²) in [5.41, 5.74) is 0. The molecular formula is C28H48O6. The molecule has 1 saturated carbocycles. The second-order valence-electron chi connectivity index (χ2n) is 9.98. The number of ether oxygens (including phenoxy) is 2. The lowest BCUT2D eigenvalue weighted by Crippen LogP contribution is -2.18. The highest BCUT2D eigenvalue weighted by molar-refractivity contribution is 5.69. The van der Waals surface area contributed by atoms with E-state index in [2.05, 4.69) is 13.0 Å². The molecule has 196 valence electrons. The number of aliphatic hydroxyl groups excluding tert-OH is 3. The Morgan fingerprint density at radius 1 is 1.12 bits per heavy atom. The molecule has 0 aromatic rings. The van der Waals surface area contributed by atoms with Crippen LogP contribution in [-0.2, 0) is 14.3 Å². The molecule has 1 aliphatic heterocycles. The largest absolute Gasteiger partial charge is 0.495 e. The van der Waals surface area contributed by atoms with E-state index < -0.39 is 12.2 Å². The summed E-state index contributed by atoms with van der Waals surface area (Å²) in [6.45, 7) is 2.92. The number of hydrogen-bond donors (Lipinski definition) is 3. The molecule has 6 heteroatoms. The van der Waals surface area contributed by atoms with E-state index in [0.717, 1.165) is 89.2 Å². The summed E-state index contributed by atoms with van der Waals surface area (Å²) < 4.78 is 11.4. The summed E-state index contributed by atoms with van der Waals surface area (Å²) in [6, 6.07) is 0. The summed E-state index contributed by atoms with van der Waals surface area (Å²) >= 11 is 0. The van der Waals surface area contributed by atoms with Crippen LogP contribution < -0.4 is 0 Å². The molecule has 0 spiro atoms. The van der Waals surface area contributed by atoms with Gasteiger partial charge in [0.2, 0.25) is 0 Å². The van der Waals surface area contributed by atoms with Crippen LogP contribution in [0.1, 0.15) is 103 Å². The summed E-state index contributed by atoms with van der Waals surface area (Å²) in [7, 11) is 0. The Hall–Kier alpha value is -1.37. The standard InChI is InChI=1S/C28H48O6/c1-2-3-8-13-22(30)16-17-24-25-20-23(34-27(25)21-26(24)31)14-9-10-15-28(32)33-19-12-7-5-4-6-11-18-29/h14,16-17,22,24-27,29-31H,2-13,15,18-21H2,1H3/b17-16+,23-14-/t22-,24+,25+,26+,27+/m0/s1. The van der Waals surface area contributed by atoms with Gasteiger partial charge in [-0.1, -0.05) is 64.0 Å². The maximum absolute atomic E-state index is 11.9. The topological polar surface area (TPSA) is 96.2 Å². The maximum atomic E-state index is 11.9. The van der Waals surface area contributed by atoms with Gasteiger partial charge in [0.1, 0.15) is 6.10 Å². The third-order valence-corrected chi connectivity index (χ3v) is 7.06. The van der Waals surface area contributed by atoms with Crippen LogP contribution in [0.2, 0.25) is 0 Å². The highest BCUT2D eigenvalue weighted by Crippen LogP contribution is 2.45. The van der Waals surface area contributed by atoms with Gasteiger partial charge in [-0.2, -0.15) is 0 Å². The van der Waals surface area contributed by atoms with Crippen LogP contribution in [0.3, 0.4) is 0 Å². The number of fused-ring (bicyclic) bond motifs is 1. The number of carbonyl (C=O) groups is 1. The molecule has 1 saturated heterocycles. The highest BCUT2D eigenvalue weighted by Gasteiger charge is 2.46. The van der Waals surface area contributed by atoms with E-state index in [1.54, 1.807) is 0 Å². The minimum Gasteiger partial charge on any atom is -0.495 e. The van der Waals surface area contributed by atoms with E-state index in [0.29, 0.717) is 19.4 Å². The van der Waals surface area contributed by atoms with Crippen LogP contribution in [0.15, 0.2) is 24.0 Å². The van der Waals surface area contributed by atoms with Crippen molar-refractivity contribution in [1.82, 2.24) is 0 Å². The zero-order valence-corrected chi connectivity index (χ0v) is 21.2. The zero-order chi connectivity index (χ0) is 24.6. The van der Waals surface area contributed by atoms with Crippen molar-refractivity contribution in [2.24, 2.45) is 11.8 Å². The molecule has 0 aromatic carbocycles. The van der Waals surface area contributed by atoms with Gasteiger partial charge in [-0.15, -0.1) is 0 Å². The van der Waals surface area contributed by atoms with E-state index in [1.807, 2.05) is 12.2 Å². The molecule has 5 atom stereocenters. The normalized spacial score (nSPS) is 26.2. The Morgan fingerprint density at radius 2 is 1.88 bits per heavy atom. The Bertz CT molecular complexity index is 616. The van der Waals surface area contributed by atoms with E-state index >= 15 is 0 Å². The summed E-state index contributed by atoms with van der Waals surface area (Å²) in [5, 5.41) is 29.4. The minimum absolute atomic E-state index is 0.0291. The molecule has 1 aliphatic carbocycles. The Kier molecular flexibility index (Phi) is 14.5. The summed E-state index contributed by atoms with van der Waals surface area (Å²) in [4.78, 5) is 11.9. The third kappa shape index (κ3) is 10.9. The number of aliphatic hydroxyl groups is 3. The van der Waals surface area contributed by atoms with Crippen LogP contribution in [-0.4, -0.2) is 52.8 Å². The third-order valence-electron chi connectivity index (χ3n) is 7.06. The fourth-order valence-corrected chi connectivity index (χ4v) is 5.03. The molecule has 0 aromatic heterocycles. The van der Waals surface area contributed by atoms with Gasteiger partial charge in [-0.25, -0.2) is 0 Å². The molecule has 0 amide bonds. The van der Waals surface area contributed by atoms with Crippen molar-refractivity contribution in [3.05, 3.63) is 24.0 Å². The van der Waals surface area contributed by atoms with Gasteiger partial charge in [0.05, 0.1) is 24.6 Å². The number of allylic oxidation sites excluding steroid dienone is 2. The monoisotopic (exact) mass is 480 g/mol. The number of rotatable bonds is 18. The molecular weight excluding hydrogens is 432 g/mol. The summed E-state index contributed by atoms with van der Waals surface area (Å²) in [5.74, 6) is 1.13. The second-order valence-corrected chi connectivity index (χ2v) is 9.98. The fourth-order valence-electron chi connectivity index (χ4n) is 5.03. The lowest BCUT2D eigenvalue weighted by molar-refractivity contribution is -0.143. The van der Waals surface area contributed by atoms with E-state index in [9.17, 15) is 15.0 Å². The highest BCUT2D eigenvalue weighted by atomic mass is 16.5. The van der Waals surface area contributed by atoms with Gasteiger partial charge in [-0.05, 0) is 38.2 Å². The van der Waals surface area contributed by atoms with E-state index in [4.69, 9.17) is 14.6 Å². The predicted molar refractivity (Wildman–Crippen MR) is 134 cm³/mol. The Balaban J connectivity index is 1.59. The molecule has 2 aliphatic rings. The molecule has 6 nitrogen and oxygen atoms in total. The average Bonchev–Trinajstić information content (AvgIpc) is 3.33. The second kappa shape index (κ2) is 17.1. The number of unbranched alkanes of at least 4 members (excludes halogenated alkanes) is 8. The Labute approximate surface area is 206 Å². The average molecular weight is 481 g/mol. The molecule has 2 fully saturated rings. The number of esters is 1. The molecule has 2 rings (SSSR count). The molecule has 1 heterocycles. The van der Waals surface area contributed by atoms with Gasteiger partial charge in [-0.3, -0.25) is 4.79 Å². The van der Waals surface area contributed by atoms with Crippen molar-refractivity contribution in [1.29, 1.82) is 0 Å². The lowest BCUT2D eigenvalue weighted by Gasteiger charge is -2.16. The van der Waals surface area contributed by atoms with Crippen LogP contribution in [0.25, 0.3) is 0 Å². The molecule has 0 unspecified atom stereocenters. The molecule has 34 heavy (non-hydrogen) atoms. The molecule has 0 bridgehead atoms. The van der Waals surface area contributed by atoms with Crippen molar-refractivity contribution in [2.75, 3.05) is 13.2 Å². The number of hydrogen-bond acceptors (Lipinski definition) is 6. The van der Waals surface area contributed by atoms with Crippen LogP contribution in [0.4, 0.5) is 0 Å². The smallest absolute Gasteiger partial charge is 0.305 e. The van der Waals surface area contributed by atoms with Crippen LogP contribution in [0, 0.1) is 11.8 Å². The van der Waals surface area contributed by atoms with Gasteiger partial charge < -0.3 is 24.8 Å². The van der Waals surface area contributed by atoms with Crippen molar-refractivity contribution >= 4 is 5.97 Å². The molecule has 0 radical (unpaired) electrons. The van der Waals surface area contributed by atoms with Gasteiger partial charge >= 0.3 is 5.97 Å². The van der Waals surface area contributed by atoms with Gasteiger partial charge in [0.15, 0.2) is 0 Å². The quantitative estimate of drug-likeness (QED) is 0.142. The zero-order valence-electron chi connectivity index (χ0n) is 21.2. The van der Waals surface area contributed by atoms with E-state index in [1.165, 1.54) is 0 Å². The first-order valence-electron chi connectivity index (χ1n) is 13.7. The maximum Gasteiger partial charge on any atom is 0.305 e. The van der Waals surface area contributed by atoms with Crippen molar-refractivity contribution in [3.63, 3.8) is 0 Å². The Morgan fingerprint density at radius 3 is 2.65 bits per heavy atom. The predicted octanol–water partition coefficient (Wildman–Crippen LogP) is 5.20. The van der Waals surface area contributed by atoms with Crippen LogP contribution >= 0.6 is 0 Å². The van der Waals surface area contributed by atoms with Gasteiger partial charge in [0.25, 0.3) is 0 Å². The SMILES string of the molecule is CCCCC[C@H](O)/C=C/[C@@H]1[C@H]2C/C(=C/CCCC(=O)OCCCCCCCCO)O[C@@H]2C[C@H]1O. The van der Waals surface area contributed by atoms with Crippen molar-refractivity contribution in [2.45, 2.75) is 122 Å². The van der Waals surface area contributed by atoms with Crippen molar-refractivity contribution in [3.8, 4) is 0 Å². The van der Waals surface area contributed by atoms with Crippen molar-refractivity contribution < 1.29 is 29.6 Å². The van der Waals surface area contributed by atoms with Gasteiger partial charge in [0, 0.05) is 37.7 Å². The molecule has 3 N–H and O–H groups in total. The van der Waals surface area contributed by atoms with E-state index in [-0.39, 0.29) is 30.5 Å². The first-order valence-corrected chi connectivity index (χ1v) is 13.7. The minimum atomic E-state index is -0.438. The first kappa shape index (κ1) is 28.9. The van der Waals surface area contributed by atoms with Crippen LogP contribution in [0.5, 0.6) is 0 Å². The fraction of sp³-hybridized carbons (Fsp3) is 0.821. The lowest BCUT2D eigenvalue weighted by atomic mass is 9.90. The first-order chi connectivity index (χ1) is 16.5.